The van der Waals surface area contributed by atoms with Gasteiger partial charge in [0.25, 0.3) is 0 Å². The molecule has 0 fully saturated rings. The van der Waals surface area contributed by atoms with Crippen LogP contribution in [0.2, 0.25) is 0 Å². The third kappa shape index (κ3) is 3.91. The van der Waals surface area contributed by atoms with Crippen molar-refractivity contribution in [2.45, 2.75) is 32.5 Å². The van der Waals surface area contributed by atoms with Gasteiger partial charge in [0.1, 0.15) is 0 Å². The molecular weight excluding hydrogens is 243 g/mol. The van der Waals surface area contributed by atoms with Crippen LogP contribution in [0.1, 0.15) is 26.3 Å². The lowest BCUT2D eigenvalue weighted by atomic mass is 10.1. The van der Waals surface area contributed by atoms with Crippen LogP contribution in [0.25, 0.3) is 0 Å². The summed E-state index contributed by atoms with van der Waals surface area (Å²) < 4.78 is 38.7. The summed E-state index contributed by atoms with van der Waals surface area (Å²) in [6.07, 6.45) is -4.39. The first kappa shape index (κ1) is 14.8. The number of anilines is 1. The Morgan fingerprint density at radius 3 is 2.17 bits per heavy atom. The van der Waals surface area contributed by atoms with Crippen LogP contribution >= 0.6 is 0 Å². The van der Waals surface area contributed by atoms with Crippen molar-refractivity contribution in [3.63, 3.8) is 0 Å². The summed E-state index contributed by atoms with van der Waals surface area (Å²) in [7, 11) is 0. The zero-order valence-electron chi connectivity index (χ0n) is 10.8. The van der Waals surface area contributed by atoms with Gasteiger partial charge in [0, 0.05) is 18.8 Å². The van der Waals surface area contributed by atoms with E-state index in [0.29, 0.717) is 6.54 Å². The number of likely N-dealkylation sites (N-methyl/N-ethyl adjacent to an activating group) is 1. The first-order valence-electron chi connectivity index (χ1n) is 5.78. The number of para-hydroxylation sites is 1. The second kappa shape index (κ2) is 5.18. The van der Waals surface area contributed by atoms with Gasteiger partial charge in [0.2, 0.25) is 0 Å². The molecule has 102 valence electrons. The van der Waals surface area contributed by atoms with Gasteiger partial charge >= 0.3 is 6.18 Å². The molecule has 1 rings (SSSR count). The highest BCUT2D eigenvalue weighted by Gasteiger charge is 2.35. The topological polar surface area (TPSA) is 23.5 Å². The molecule has 1 aromatic carbocycles. The molecule has 2 nitrogen and oxygen atoms in total. The van der Waals surface area contributed by atoms with E-state index >= 15 is 0 Å². The first-order chi connectivity index (χ1) is 8.15. The zero-order chi connectivity index (χ0) is 14.0. The van der Waals surface area contributed by atoms with Crippen molar-refractivity contribution < 1.29 is 18.3 Å². The highest BCUT2D eigenvalue weighted by atomic mass is 19.4. The minimum Gasteiger partial charge on any atom is -0.389 e. The van der Waals surface area contributed by atoms with Crippen molar-refractivity contribution in [2.24, 2.45) is 0 Å². The van der Waals surface area contributed by atoms with E-state index in [0.717, 1.165) is 6.07 Å². The maximum Gasteiger partial charge on any atom is 0.418 e. The Bertz CT molecular complexity index is 396. The van der Waals surface area contributed by atoms with E-state index in [4.69, 9.17) is 0 Å². The second-order valence-corrected chi connectivity index (χ2v) is 4.84. The Kier molecular flexibility index (Phi) is 4.27. The van der Waals surface area contributed by atoms with Gasteiger partial charge in [-0.2, -0.15) is 13.2 Å². The molecule has 0 radical (unpaired) electrons. The number of halogens is 3. The van der Waals surface area contributed by atoms with Crippen LogP contribution in [0.5, 0.6) is 0 Å². The summed E-state index contributed by atoms with van der Waals surface area (Å²) in [5.74, 6) is 0. The van der Waals surface area contributed by atoms with E-state index in [1.54, 1.807) is 26.8 Å². The third-order valence-electron chi connectivity index (χ3n) is 2.51. The maximum atomic E-state index is 12.9. The molecule has 0 unspecified atom stereocenters. The molecule has 0 saturated heterocycles. The van der Waals surface area contributed by atoms with Gasteiger partial charge in [-0.3, -0.25) is 0 Å². The predicted octanol–water partition coefficient (Wildman–Crippen LogP) is 3.30. The van der Waals surface area contributed by atoms with Crippen molar-refractivity contribution in [2.75, 3.05) is 18.0 Å². The van der Waals surface area contributed by atoms with Gasteiger partial charge < -0.3 is 10.0 Å². The van der Waals surface area contributed by atoms with Crippen LogP contribution in [0.4, 0.5) is 18.9 Å². The Hall–Kier alpha value is -1.23. The largest absolute Gasteiger partial charge is 0.418 e. The monoisotopic (exact) mass is 261 g/mol. The van der Waals surface area contributed by atoms with Crippen molar-refractivity contribution >= 4 is 5.69 Å². The van der Waals surface area contributed by atoms with Crippen LogP contribution in [-0.4, -0.2) is 23.8 Å². The van der Waals surface area contributed by atoms with E-state index in [1.165, 1.54) is 17.0 Å². The van der Waals surface area contributed by atoms with Crippen molar-refractivity contribution in [1.29, 1.82) is 0 Å². The zero-order valence-corrected chi connectivity index (χ0v) is 10.8. The summed E-state index contributed by atoms with van der Waals surface area (Å²) in [5, 5.41) is 9.75. The van der Waals surface area contributed by atoms with Crippen LogP contribution in [0, 0.1) is 0 Å². The summed E-state index contributed by atoms with van der Waals surface area (Å²) >= 11 is 0. The van der Waals surface area contributed by atoms with E-state index in [1.807, 2.05) is 0 Å². The first-order valence-corrected chi connectivity index (χ1v) is 5.78. The molecule has 0 aliphatic carbocycles. The van der Waals surface area contributed by atoms with Crippen LogP contribution in [-0.2, 0) is 6.18 Å². The lowest BCUT2D eigenvalue weighted by Gasteiger charge is -2.31. The summed E-state index contributed by atoms with van der Waals surface area (Å²) in [4.78, 5) is 1.53. The quantitative estimate of drug-likeness (QED) is 0.899. The lowest BCUT2D eigenvalue weighted by Crippen LogP contribution is -2.39. The predicted molar refractivity (Wildman–Crippen MR) is 65.6 cm³/mol. The molecule has 0 bridgehead atoms. The molecule has 1 N–H and O–H groups in total. The molecule has 0 aliphatic rings. The Balaban J connectivity index is 3.14. The fraction of sp³-hybridized carbons (Fsp3) is 0.538. The van der Waals surface area contributed by atoms with E-state index < -0.39 is 17.3 Å². The summed E-state index contributed by atoms with van der Waals surface area (Å²) in [5.41, 5.74) is -1.61. The highest BCUT2D eigenvalue weighted by Crippen LogP contribution is 2.36. The smallest absolute Gasteiger partial charge is 0.389 e. The Morgan fingerprint density at radius 2 is 1.72 bits per heavy atom. The van der Waals surface area contributed by atoms with E-state index in [-0.39, 0.29) is 12.2 Å². The lowest BCUT2D eigenvalue weighted by molar-refractivity contribution is -0.137. The van der Waals surface area contributed by atoms with Crippen molar-refractivity contribution in [3.05, 3.63) is 29.8 Å². The van der Waals surface area contributed by atoms with Gasteiger partial charge in [-0.15, -0.1) is 0 Å². The van der Waals surface area contributed by atoms with Gasteiger partial charge in [0.15, 0.2) is 0 Å². The molecule has 0 heterocycles. The van der Waals surface area contributed by atoms with E-state index in [9.17, 15) is 18.3 Å². The standard InChI is InChI=1S/C13H18F3NO/c1-4-17(9-12(2,3)18)11-8-6-5-7-10(11)13(14,15)16/h5-8,18H,4,9H2,1-3H3. The maximum absolute atomic E-state index is 12.9. The molecule has 18 heavy (non-hydrogen) atoms. The average molecular weight is 261 g/mol. The second-order valence-electron chi connectivity index (χ2n) is 4.84. The SMILES string of the molecule is CCN(CC(C)(C)O)c1ccccc1C(F)(F)F. The third-order valence-corrected chi connectivity index (χ3v) is 2.51. The Morgan fingerprint density at radius 1 is 1.17 bits per heavy atom. The fourth-order valence-corrected chi connectivity index (χ4v) is 1.82. The number of aliphatic hydroxyl groups is 1. The number of rotatable bonds is 4. The number of nitrogens with zero attached hydrogens (tertiary/aromatic N) is 1. The van der Waals surface area contributed by atoms with Gasteiger partial charge in [0.05, 0.1) is 11.2 Å². The molecular formula is C13H18F3NO. The van der Waals surface area contributed by atoms with Gasteiger partial charge in [-0.05, 0) is 32.9 Å². The average Bonchev–Trinajstić information content (AvgIpc) is 2.23. The van der Waals surface area contributed by atoms with Gasteiger partial charge in [-0.25, -0.2) is 0 Å². The molecule has 0 spiro atoms. The van der Waals surface area contributed by atoms with Crippen LogP contribution in [0.3, 0.4) is 0 Å². The number of hydrogen-bond donors (Lipinski definition) is 1. The number of alkyl halides is 3. The summed E-state index contributed by atoms with van der Waals surface area (Å²) in [6.45, 7) is 5.46. The minimum atomic E-state index is -4.39. The molecule has 0 saturated carbocycles. The minimum absolute atomic E-state index is 0.106. The Labute approximate surface area is 105 Å². The highest BCUT2D eigenvalue weighted by molar-refractivity contribution is 5.55. The normalized spacial score (nSPS) is 12.6. The fourth-order valence-electron chi connectivity index (χ4n) is 1.82. The van der Waals surface area contributed by atoms with Crippen LogP contribution in [0.15, 0.2) is 24.3 Å². The molecule has 0 aliphatic heterocycles. The molecule has 1 aromatic rings. The summed E-state index contributed by atoms with van der Waals surface area (Å²) in [6, 6.07) is 5.42. The molecule has 0 aromatic heterocycles. The number of benzene rings is 1. The molecule has 5 heteroatoms. The van der Waals surface area contributed by atoms with E-state index in [2.05, 4.69) is 0 Å². The van der Waals surface area contributed by atoms with Crippen molar-refractivity contribution in [3.8, 4) is 0 Å². The van der Waals surface area contributed by atoms with Crippen LogP contribution < -0.4 is 4.90 Å². The van der Waals surface area contributed by atoms with Crippen molar-refractivity contribution in [1.82, 2.24) is 0 Å². The number of hydrogen-bond acceptors (Lipinski definition) is 2. The van der Waals surface area contributed by atoms with Gasteiger partial charge in [-0.1, -0.05) is 12.1 Å². The molecule has 0 atom stereocenters. The molecule has 0 amide bonds.